The van der Waals surface area contributed by atoms with Gasteiger partial charge in [-0.1, -0.05) is 42.7 Å². The van der Waals surface area contributed by atoms with Gasteiger partial charge >= 0.3 is 0 Å². The first-order valence-corrected chi connectivity index (χ1v) is 11.5. The topological polar surface area (TPSA) is 99.8 Å². The largest absolute Gasteiger partial charge is 0.380 e. The van der Waals surface area contributed by atoms with Crippen molar-refractivity contribution in [2.24, 2.45) is 5.73 Å². The molecule has 1 atom stereocenters. The molecule has 180 valence electrons. The first kappa shape index (κ1) is 25.5. The third-order valence-corrected chi connectivity index (χ3v) is 5.69. The van der Waals surface area contributed by atoms with Gasteiger partial charge in [-0.3, -0.25) is 14.9 Å². The van der Waals surface area contributed by atoms with Gasteiger partial charge in [-0.2, -0.15) is 0 Å². The van der Waals surface area contributed by atoms with E-state index in [0.29, 0.717) is 5.70 Å². The van der Waals surface area contributed by atoms with Crippen LogP contribution in [0.2, 0.25) is 0 Å². The second-order valence-corrected chi connectivity index (χ2v) is 9.12. The standard InChI is InChI=1S/C27H34N4O3/c1-20(29-25(26(32)30-33)27(2,3)28)24-13-11-22(12-14-24)6-5-21-7-9-23(10-8-21)19-31-15-4-17-34-18-16-31/h7-14,25,29,33H,1,4,15-19,28H2,2-3H3,(H,30,32). The number of benzene rings is 2. The Hall–Kier alpha value is -3.15. The first-order chi connectivity index (χ1) is 16.3. The lowest BCUT2D eigenvalue weighted by Crippen LogP contribution is -2.59. The summed E-state index contributed by atoms with van der Waals surface area (Å²) in [6.45, 7) is 12.0. The quantitative estimate of drug-likeness (QED) is 0.287. The number of carbonyl (C=O) groups is 1. The van der Waals surface area contributed by atoms with Gasteiger partial charge in [0.2, 0.25) is 0 Å². The van der Waals surface area contributed by atoms with Crippen molar-refractivity contribution in [2.45, 2.75) is 38.4 Å². The predicted octanol–water partition coefficient (Wildman–Crippen LogP) is 2.48. The third-order valence-electron chi connectivity index (χ3n) is 5.69. The van der Waals surface area contributed by atoms with Crippen LogP contribution < -0.4 is 16.5 Å². The highest BCUT2D eigenvalue weighted by Crippen LogP contribution is 2.15. The summed E-state index contributed by atoms with van der Waals surface area (Å²) in [4.78, 5) is 14.4. The van der Waals surface area contributed by atoms with Crippen molar-refractivity contribution < 1.29 is 14.7 Å². The smallest absolute Gasteiger partial charge is 0.267 e. The van der Waals surface area contributed by atoms with Gasteiger partial charge in [0.25, 0.3) is 5.91 Å². The van der Waals surface area contributed by atoms with Crippen molar-refractivity contribution in [3.63, 3.8) is 0 Å². The highest BCUT2D eigenvalue weighted by Gasteiger charge is 2.32. The summed E-state index contributed by atoms with van der Waals surface area (Å²) in [7, 11) is 0. The number of nitrogens with one attached hydrogen (secondary N) is 2. The molecular weight excluding hydrogens is 428 g/mol. The molecule has 1 aliphatic heterocycles. The van der Waals surface area contributed by atoms with Crippen molar-refractivity contribution in [3.05, 3.63) is 77.4 Å². The van der Waals surface area contributed by atoms with E-state index in [-0.39, 0.29) is 0 Å². The maximum Gasteiger partial charge on any atom is 0.267 e. The van der Waals surface area contributed by atoms with E-state index >= 15 is 0 Å². The number of hydroxylamine groups is 1. The van der Waals surface area contributed by atoms with Gasteiger partial charge in [-0.15, -0.1) is 0 Å². The van der Waals surface area contributed by atoms with Crippen molar-refractivity contribution in [3.8, 4) is 11.8 Å². The molecule has 1 fully saturated rings. The molecule has 1 saturated heterocycles. The predicted molar refractivity (Wildman–Crippen MR) is 134 cm³/mol. The third kappa shape index (κ3) is 7.44. The molecule has 1 unspecified atom stereocenters. The van der Waals surface area contributed by atoms with E-state index in [1.165, 1.54) is 5.56 Å². The van der Waals surface area contributed by atoms with Gasteiger partial charge in [0.05, 0.1) is 6.61 Å². The molecule has 0 saturated carbocycles. The second-order valence-electron chi connectivity index (χ2n) is 9.12. The molecule has 0 aliphatic carbocycles. The minimum Gasteiger partial charge on any atom is -0.380 e. The molecule has 34 heavy (non-hydrogen) atoms. The molecule has 3 rings (SSSR count). The average Bonchev–Trinajstić information content (AvgIpc) is 3.09. The van der Waals surface area contributed by atoms with Gasteiger partial charge in [-0.05, 0) is 55.7 Å². The summed E-state index contributed by atoms with van der Waals surface area (Å²) in [5, 5.41) is 12.0. The Morgan fingerprint density at radius 2 is 1.74 bits per heavy atom. The fourth-order valence-corrected chi connectivity index (χ4v) is 3.72. The second kappa shape index (κ2) is 11.8. The van der Waals surface area contributed by atoms with E-state index < -0.39 is 17.5 Å². The monoisotopic (exact) mass is 462 g/mol. The van der Waals surface area contributed by atoms with Gasteiger partial charge in [0.15, 0.2) is 0 Å². The molecule has 2 aromatic rings. The summed E-state index contributed by atoms with van der Waals surface area (Å²) in [6.07, 6.45) is 1.08. The molecule has 0 aromatic heterocycles. The molecule has 5 N–H and O–H groups in total. The Labute approximate surface area is 201 Å². The Morgan fingerprint density at radius 1 is 1.12 bits per heavy atom. The number of nitrogens with zero attached hydrogens (tertiary/aromatic N) is 1. The summed E-state index contributed by atoms with van der Waals surface area (Å²) in [6, 6.07) is 15.1. The van der Waals surface area contributed by atoms with Crippen LogP contribution in [0.3, 0.4) is 0 Å². The van der Waals surface area contributed by atoms with Crippen molar-refractivity contribution in [1.82, 2.24) is 15.7 Å². The highest BCUT2D eigenvalue weighted by molar-refractivity contribution is 5.84. The zero-order valence-corrected chi connectivity index (χ0v) is 19.9. The van der Waals surface area contributed by atoms with Gasteiger partial charge < -0.3 is 15.8 Å². The molecule has 0 spiro atoms. The molecule has 0 radical (unpaired) electrons. The average molecular weight is 463 g/mol. The zero-order chi connectivity index (χ0) is 24.6. The van der Waals surface area contributed by atoms with E-state index in [0.717, 1.165) is 56.0 Å². The number of rotatable bonds is 7. The minimum atomic E-state index is -0.905. The molecule has 2 aromatic carbocycles. The summed E-state index contributed by atoms with van der Waals surface area (Å²) in [5.74, 6) is 5.77. The summed E-state index contributed by atoms with van der Waals surface area (Å²) < 4.78 is 5.52. The van der Waals surface area contributed by atoms with E-state index in [9.17, 15) is 4.79 Å². The highest BCUT2D eigenvalue weighted by atomic mass is 16.5. The fraction of sp³-hybridized carbons (Fsp3) is 0.370. The summed E-state index contributed by atoms with van der Waals surface area (Å²) in [5.41, 5.74) is 11.2. The van der Waals surface area contributed by atoms with Crippen LogP contribution in [0, 0.1) is 11.8 Å². The number of hydrogen-bond donors (Lipinski definition) is 4. The van der Waals surface area contributed by atoms with Crippen LogP contribution in [0.25, 0.3) is 5.70 Å². The van der Waals surface area contributed by atoms with Crippen LogP contribution >= 0.6 is 0 Å². The van der Waals surface area contributed by atoms with Crippen LogP contribution in [-0.2, 0) is 16.1 Å². The molecule has 1 heterocycles. The van der Waals surface area contributed by atoms with E-state index in [2.05, 4.69) is 52.9 Å². The lowest BCUT2D eigenvalue weighted by Gasteiger charge is -2.30. The Kier molecular flexibility index (Phi) is 8.85. The maximum absolute atomic E-state index is 12.0. The van der Waals surface area contributed by atoms with Crippen molar-refractivity contribution in [1.29, 1.82) is 0 Å². The van der Waals surface area contributed by atoms with E-state index in [1.54, 1.807) is 19.3 Å². The molecule has 7 nitrogen and oxygen atoms in total. The molecule has 0 bridgehead atoms. The zero-order valence-electron chi connectivity index (χ0n) is 19.9. The van der Waals surface area contributed by atoms with Crippen molar-refractivity contribution in [2.75, 3.05) is 26.3 Å². The Morgan fingerprint density at radius 3 is 2.32 bits per heavy atom. The number of carbonyl (C=O) groups excluding carboxylic acids is 1. The van der Waals surface area contributed by atoms with Gasteiger partial charge in [-0.25, -0.2) is 5.48 Å². The lowest BCUT2D eigenvalue weighted by molar-refractivity contribution is -0.132. The number of amides is 1. The first-order valence-electron chi connectivity index (χ1n) is 11.5. The molecule has 1 aliphatic rings. The van der Waals surface area contributed by atoms with E-state index in [1.807, 2.05) is 24.3 Å². The minimum absolute atomic E-state index is 0.526. The summed E-state index contributed by atoms with van der Waals surface area (Å²) >= 11 is 0. The Bertz CT molecular complexity index is 1020. The number of hydrogen-bond acceptors (Lipinski definition) is 6. The fourth-order valence-electron chi connectivity index (χ4n) is 3.72. The van der Waals surface area contributed by atoms with E-state index in [4.69, 9.17) is 15.7 Å². The van der Waals surface area contributed by atoms with Gasteiger partial charge in [0.1, 0.15) is 6.04 Å². The maximum atomic E-state index is 12.0. The van der Waals surface area contributed by atoms with Crippen LogP contribution in [0.15, 0.2) is 55.1 Å². The molecule has 1 amide bonds. The van der Waals surface area contributed by atoms with Gasteiger partial charge in [0, 0.05) is 48.6 Å². The van der Waals surface area contributed by atoms with Crippen LogP contribution in [0.4, 0.5) is 0 Å². The van der Waals surface area contributed by atoms with Crippen LogP contribution in [0.5, 0.6) is 0 Å². The molecular formula is C27H34N4O3. The van der Waals surface area contributed by atoms with Crippen molar-refractivity contribution >= 4 is 11.6 Å². The SMILES string of the molecule is C=C(NC(C(=O)NO)C(C)(C)N)c1ccc(C#Cc2ccc(CN3CCCOCC3)cc2)cc1. The van der Waals surface area contributed by atoms with Crippen LogP contribution in [-0.4, -0.2) is 53.9 Å². The Balaban J connectivity index is 1.60. The number of ether oxygens (including phenoxy) is 1. The normalized spacial score (nSPS) is 15.4. The lowest BCUT2D eigenvalue weighted by atomic mass is 9.94. The van der Waals surface area contributed by atoms with Crippen LogP contribution in [0.1, 0.15) is 42.5 Å². The number of nitrogens with two attached hydrogens (primary N) is 1. The molecule has 7 heteroatoms.